The number of hydrogen-bond acceptors (Lipinski definition) is 9. The highest BCUT2D eigenvalue weighted by atomic mass is 32.2. The molecule has 10 heteroatoms. The van der Waals surface area contributed by atoms with Crippen LogP contribution < -0.4 is 19.1 Å². The first-order chi connectivity index (χ1) is 19.6. The second kappa shape index (κ2) is 11.6. The lowest BCUT2D eigenvalue weighted by molar-refractivity contribution is 0.0302. The monoisotopic (exact) mass is 564 g/mol. The third kappa shape index (κ3) is 5.47. The zero-order valence-electron chi connectivity index (χ0n) is 23.3. The average molecular weight is 565 g/mol. The summed E-state index contributed by atoms with van der Waals surface area (Å²) in [6.07, 6.45) is 3.35. The summed E-state index contributed by atoms with van der Waals surface area (Å²) in [5, 5.41) is 4.47. The van der Waals surface area contributed by atoms with Crippen LogP contribution in [-0.2, 0) is 11.2 Å². The van der Waals surface area contributed by atoms with E-state index in [1.54, 1.807) is 31.3 Å². The fourth-order valence-electron chi connectivity index (χ4n) is 5.32. The molecular weight excluding hydrogens is 528 g/mol. The maximum atomic E-state index is 13.1. The topological polar surface area (TPSA) is 89.3 Å². The van der Waals surface area contributed by atoms with Crippen molar-refractivity contribution in [2.45, 2.75) is 31.1 Å². The minimum Gasteiger partial charge on any atom is -0.495 e. The molecule has 6 rings (SSSR count). The van der Waals surface area contributed by atoms with E-state index in [1.807, 2.05) is 0 Å². The van der Waals surface area contributed by atoms with Crippen molar-refractivity contribution in [1.29, 1.82) is 0 Å². The molecule has 0 spiro atoms. The van der Waals surface area contributed by atoms with E-state index >= 15 is 0 Å². The molecule has 0 bridgehead atoms. The smallest absolute Gasteiger partial charge is 0.254 e. The molecule has 2 atom stereocenters. The van der Waals surface area contributed by atoms with Gasteiger partial charge in [-0.2, -0.15) is 0 Å². The molecule has 1 N–H and O–H groups in total. The predicted molar refractivity (Wildman–Crippen MR) is 155 cm³/mol. The van der Waals surface area contributed by atoms with E-state index in [2.05, 4.69) is 46.0 Å². The largest absolute Gasteiger partial charge is 0.495 e. The Morgan fingerprint density at radius 3 is 2.45 bits per heavy atom. The van der Waals surface area contributed by atoms with Crippen LogP contribution in [0, 0.1) is 11.8 Å². The molecule has 2 aromatic carbocycles. The fraction of sp³-hybridized carbons (Fsp3) is 0.467. The Labute approximate surface area is 239 Å². The molecule has 3 aliphatic rings. The molecule has 212 valence electrons. The van der Waals surface area contributed by atoms with Crippen LogP contribution in [0.2, 0.25) is 0 Å². The van der Waals surface area contributed by atoms with Crippen LogP contribution in [0.4, 0.5) is 11.5 Å². The third-order valence-electron chi connectivity index (χ3n) is 8.12. The lowest BCUT2D eigenvalue weighted by Gasteiger charge is -2.33. The highest BCUT2D eigenvalue weighted by molar-refractivity contribution is 8.00. The number of hydrogen-bond donors (Lipinski definition) is 1. The van der Waals surface area contributed by atoms with Crippen LogP contribution in [0.15, 0.2) is 45.8 Å². The van der Waals surface area contributed by atoms with Crippen molar-refractivity contribution in [1.82, 2.24) is 10.1 Å². The van der Waals surface area contributed by atoms with Crippen molar-refractivity contribution < 1.29 is 23.5 Å². The molecular formula is C30H36N4O5S. The number of methoxy groups -OCH3 is 2. The highest BCUT2D eigenvalue weighted by Gasteiger charge is 2.35. The van der Waals surface area contributed by atoms with Crippen LogP contribution in [-0.4, -0.2) is 69.6 Å². The number of benzene rings is 2. The first kappa shape index (κ1) is 26.8. The summed E-state index contributed by atoms with van der Waals surface area (Å²) in [6.45, 7) is 6.70. The quantitative estimate of drug-likeness (QED) is 0.327. The van der Waals surface area contributed by atoms with E-state index in [0.29, 0.717) is 61.0 Å². The molecule has 0 radical (unpaired) electrons. The van der Waals surface area contributed by atoms with Gasteiger partial charge in [-0.05, 0) is 67.3 Å². The van der Waals surface area contributed by atoms with Crippen LogP contribution in [0.25, 0.3) is 11.3 Å². The highest BCUT2D eigenvalue weighted by Crippen LogP contribution is 2.46. The number of anilines is 2. The summed E-state index contributed by atoms with van der Waals surface area (Å²) in [6, 6.07) is 12.1. The average Bonchev–Trinajstić information content (AvgIpc) is 3.51. The SMILES string of the molecule is COc1cc(C(=O)N2CCOCC2)cc(OC)c1SNc1noc(-c2cccc(N3CCC3)c2)c1CC1CC1C. The predicted octanol–water partition coefficient (Wildman–Crippen LogP) is 5.36. The number of morpholine rings is 1. The molecule has 2 unspecified atom stereocenters. The third-order valence-corrected chi connectivity index (χ3v) is 9.02. The van der Waals surface area contributed by atoms with Gasteiger partial charge in [0.2, 0.25) is 0 Å². The number of amides is 1. The molecule has 9 nitrogen and oxygen atoms in total. The van der Waals surface area contributed by atoms with Gasteiger partial charge in [0.15, 0.2) is 11.6 Å². The van der Waals surface area contributed by atoms with Crippen molar-refractivity contribution in [3.8, 4) is 22.8 Å². The van der Waals surface area contributed by atoms with E-state index < -0.39 is 0 Å². The van der Waals surface area contributed by atoms with Gasteiger partial charge in [0.05, 0.1) is 27.4 Å². The molecule has 1 saturated carbocycles. The molecule has 3 aromatic rings. The van der Waals surface area contributed by atoms with E-state index in [1.165, 1.54) is 30.5 Å². The summed E-state index contributed by atoms with van der Waals surface area (Å²) >= 11 is 1.35. The maximum Gasteiger partial charge on any atom is 0.254 e. The zero-order valence-corrected chi connectivity index (χ0v) is 24.1. The Bertz CT molecular complexity index is 1340. The molecule has 1 amide bonds. The molecule has 2 aliphatic heterocycles. The van der Waals surface area contributed by atoms with Gasteiger partial charge in [-0.25, -0.2) is 0 Å². The Kier molecular flexibility index (Phi) is 7.80. The molecule has 1 aromatic heterocycles. The zero-order chi connectivity index (χ0) is 27.6. The minimum atomic E-state index is -0.0631. The minimum absolute atomic E-state index is 0.0631. The first-order valence-corrected chi connectivity index (χ1v) is 14.8. The number of nitrogens with one attached hydrogen (secondary N) is 1. The molecule has 1 aliphatic carbocycles. The lowest BCUT2D eigenvalue weighted by Crippen LogP contribution is -2.40. The van der Waals surface area contributed by atoms with Gasteiger partial charge >= 0.3 is 0 Å². The Balaban J connectivity index is 1.26. The Morgan fingerprint density at radius 2 is 1.82 bits per heavy atom. The van der Waals surface area contributed by atoms with Gasteiger partial charge in [0.25, 0.3) is 5.91 Å². The van der Waals surface area contributed by atoms with Crippen molar-refractivity contribution in [3.63, 3.8) is 0 Å². The van der Waals surface area contributed by atoms with Crippen LogP contribution in [0.3, 0.4) is 0 Å². The van der Waals surface area contributed by atoms with Gasteiger partial charge < -0.3 is 33.3 Å². The van der Waals surface area contributed by atoms with Crippen molar-refractivity contribution in [2.75, 3.05) is 63.2 Å². The van der Waals surface area contributed by atoms with E-state index in [4.69, 9.17) is 18.7 Å². The summed E-state index contributed by atoms with van der Waals surface area (Å²) in [4.78, 5) is 18.1. The molecule has 40 heavy (non-hydrogen) atoms. The van der Waals surface area contributed by atoms with Crippen LogP contribution >= 0.6 is 11.9 Å². The number of aromatic nitrogens is 1. The second-order valence-corrected chi connectivity index (χ2v) is 11.5. The van der Waals surface area contributed by atoms with Crippen molar-refractivity contribution in [3.05, 3.63) is 47.5 Å². The Morgan fingerprint density at radius 1 is 1.10 bits per heavy atom. The molecule has 3 heterocycles. The van der Waals surface area contributed by atoms with Gasteiger partial charge in [-0.3, -0.25) is 4.79 Å². The summed E-state index contributed by atoms with van der Waals surface area (Å²) < 4.78 is 26.2. The lowest BCUT2D eigenvalue weighted by atomic mass is 10.0. The fourth-order valence-corrected chi connectivity index (χ4v) is 6.17. The van der Waals surface area contributed by atoms with E-state index in [0.717, 1.165) is 41.3 Å². The number of ether oxygens (including phenoxy) is 3. The van der Waals surface area contributed by atoms with E-state index in [9.17, 15) is 4.79 Å². The van der Waals surface area contributed by atoms with Gasteiger partial charge in [-0.1, -0.05) is 24.2 Å². The maximum absolute atomic E-state index is 13.1. The number of carbonyl (C=O) groups is 1. The van der Waals surface area contributed by atoms with E-state index in [-0.39, 0.29) is 5.91 Å². The normalized spacial score (nSPS) is 20.2. The number of rotatable bonds is 10. The first-order valence-electron chi connectivity index (χ1n) is 14.0. The van der Waals surface area contributed by atoms with Crippen molar-refractivity contribution in [2.24, 2.45) is 11.8 Å². The standard InChI is InChI=1S/C30H36N4O5S/c1-19-14-21(19)16-24-27(20-6-4-7-23(15-20)33-8-5-9-33)39-31-29(24)32-40-28-25(36-2)17-22(18-26(28)37-3)30(35)34-10-12-38-13-11-34/h4,6-7,15,17-19,21H,5,8-14,16H2,1-3H3,(H,31,32). The number of nitrogens with zero attached hydrogens (tertiary/aromatic N) is 3. The summed E-state index contributed by atoms with van der Waals surface area (Å²) in [5.41, 5.74) is 3.86. The molecule has 2 saturated heterocycles. The molecule has 3 fully saturated rings. The summed E-state index contributed by atoms with van der Waals surface area (Å²) in [7, 11) is 3.20. The van der Waals surface area contributed by atoms with Crippen LogP contribution in [0.1, 0.15) is 35.7 Å². The number of carbonyl (C=O) groups excluding carboxylic acids is 1. The van der Waals surface area contributed by atoms with Crippen molar-refractivity contribution >= 4 is 29.4 Å². The van der Waals surface area contributed by atoms with Gasteiger partial charge in [0.1, 0.15) is 16.4 Å². The second-order valence-electron chi connectivity index (χ2n) is 10.7. The van der Waals surface area contributed by atoms with Gasteiger partial charge in [0, 0.05) is 48.6 Å². The summed E-state index contributed by atoms with van der Waals surface area (Å²) in [5.74, 6) is 3.88. The Hall–Kier alpha value is -3.37. The van der Waals surface area contributed by atoms with Gasteiger partial charge in [-0.15, -0.1) is 0 Å². The van der Waals surface area contributed by atoms with Crippen LogP contribution in [0.5, 0.6) is 11.5 Å².